The molecule has 0 radical (unpaired) electrons. The third-order valence-electron chi connectivity index (χ3n) is 2.39. The van der Waals surface area contributed by atoms with Crippen LogP contribution in [0.1, 0.15) is 11.3 Å². The average molecular weight is 286 g/mol. The van der Waals surface area contributed by atoms with E-state index in [-0.39, 0.29) is 5.09 Å². The van der Waals surface area contributed by atoms with Crippen LogP contribution < -0.4 is 10.5 Å². The van der Waals surface area contributed by atoms with E-state index in [4.69, 9.17) is 9.56 Å². The second-order valence-corrected chi connectivity index (χ2v) is 6.10. The smallest absolute Gasteiger partial charge is 0.271 e. The van der Waals surface area contributed by atoms with Crippen molar-refractivity contribution in [1.29, 1.82) is 0 Å². The highest BCUT2D eigenvalue weighted by molar-refractivity contribution is 7.89. The highest BCUT2D eigenvalue weighted by Crippen LogP contribution is 2.12. The molecule has 7 heteroatoms. The van der Waals surface area contributed by atoms with Gasteiger partial charge in [-0.05, 0) is 47.5 Å². The summed E-state index contributed by atoms with van der Waals surface area (Å²) in [4.78, 5) is 0. The lowest BCUT2D eigenvalue weighted by molar-refractivity contribution is 0.403. The first kappa shape index (κ1) is 13.3. The Hall–Kier alpha value is -1.15. The van der Waals surface area contributed by atoms with Crippen LogP contribution in [0.25, 0.3) is 0 Å². The largest absolute Gasteiger partial charge is 0.447 e. The molecule has 2 aromatic rings. The number of thiophene rings is 1. The Morgan fingerprint density at radius 3 is 2.78 bits per heavy atom. The van der Waals surface area contributed by atoms with E-state index in [2.05, 4.69) is 16.8 Å². The second-order valence-electron chi connectivity index (χ2n) is 3.82. The van der Waals surface area contributed by atoms with E-state index in [0.717, 1.165) is 13.0 Å². The van der Waals surface area contributed by atoms with Gasteiger partial charge in [0, 0.05) is 0 Å². The van der Waals surface area contributed by atoms with Gasteiger partial charge < -0.3 is 9.73 Å². The summed E-state index contributed by atoms with van der Waals surface area (Å²) in [5, 5.41) is 12.1. The van der Waals surface area contributed by atoms with Gasteiger partial charge in [-0.2, -0.15) is 11.3 Å². The molecule has 0 spiro atoms. The zero-order valence-electron chi connectivity index (χ0n) is 9.63. The maximum Gasteiger partial charge on any atom is 0.271 e. The molecule has 0 saturated heterocycles. The first-order valence-electron chi connectivity index (χ1n) is 5.39. The van der Waals surface area contributed by atoms with Crippen molar-refractivity contribution in [3.05, 3.63) is 40.3 Å². The molecule has 0 aromatic carbocycles. The molecule has 2 aromatic heterocycles. The average Bonchev–Trinajstić information content (AvgIpc) is 2.95. The van der Waals surface area contributed by atoms with Crippen molar-refractivity contribution >= 4 is 21.4 Å². The Morgan fingerprint density at radius 2 is 2.17 bits per heavy atom. The van der Waals surface area contributed by atoms with Crippen LogP contribution in [0.4, 0.5) is 0 Å². The quantitative estimate of drug-likeness (QED) is 0.784. The van der Waals surface area contributed by atoms with Crippen LogP contribution in [0.5, 0.6) is 0 Å². The molecular weight excluding hydrogens is 272 g/mol. The van der Waals surface area contributed by atoms with E-state index in [9.17, 15) is 8.42 Å². The number of hydrogen-bond acceptors (Lipinski definition) is 5. The van der Waals surface area contributed by atoms with Crippen LogP contribution in [0.2, 0.25) is 0 Å². The van der Waals surface area contributed by atoms with Crippen molar-refractivity contribution in [2.45, 2.75) is 18.1 Å². The SMILES string of the molecule is NS(=O)(=O)c1ccc(CNCCc2ccsc2)o1. The zero-order valence-corrected chi connectivity index (χ0v) is 11.3. The van der Waals surface area contributed by atoms with E-state index in [0.29, 0.717) is 12.3 Å². The minimum absolute atomic E-state index is 0.197. The van der Waals surface area contributed by atoms with Gasteiger partial charge in [-0.15, -0.1) is 0 Å². The van der Waals surface area contributed by atoms with Gasteiger partial charge in [0.1, 0.15) is 5.76 Å². The zero-order chi connectivity index (χ0) is 13.0. The summed E-state index contributed by atoms with van der Waals surface area (Å²) in [6.45, 7) is 1.29. The standard InChI is InChI=1S/C11H14N2O3S2/c12-18(14,15)11-2-1-10(16-11)7-13-5-3-9-4-6-17-8-9/h1-2,4,6,8,13H,3,5,7H2,(H2,12,14,15). The number of furan rings is 1. The van der Waals surface area contributed by atoms with Crippen LogP contribution in [-0.2, 0) is 23.0 Å². The Labute approximate surface area is 110 Å². The van der Waals surface area contributed by atoms with Gasteiger partial charge in [-0.1, -0.05) is 0 Å². The third-order valence-corrected chi connectivity index (χ3v) is 3.90. The molecule has 0 atom stereocenters. The fraction of sp³-hybridized carbons (Fsp3) is 0.273. The Balaban J connectivity index is 1.79. The summed E-state index contributed by atoms with van der Waals surface area (Å²) in [5.41, 5.74) is 1.29. The topological polar surface area (TPSA) is 85.3 Å². The number of hydrogen-bond donors (Lipinski definition) is 2. The maximum atomic E-state index is 11.0. The van der Waals surface area contributed by atoms with Gasteiger partial charge in [-0.25, -0.2) is 13.6 Å². The molecule has 0 unspecified atom stereocenters. The van der Waals surface area contributed by atoms with Gasteiger partial charge >= 0.3 is 0 Å². The molecule has 98 valence electrons. The number of sulfonamides is 1. The molecule has 2 rings (SSSR count). The lowest BCUT2D eigenvalue weighted by Crippen LogP contribution is -2.16. The van der Waals surface area contributed by atoms with Crippen molar-refractivity contribution in [1.82, 2.24) is 5.32 Å². The van der Waals surface area contributed by atoms with Crippen molar-refractivity contribution in [3.63, 3.8) is 0 Å². The number of nitrogens with one attached hydrogen (secondary N) is 1. The molecule has 0 aliphatic carbocycles. The summed E-state index contributed by atoms with van der Waals surface area (Å²) in [7, 11) is -3.74. The summed E-state index contributed by atoms with van der Waals surface area (Å²) < 4.78 is 27.1. The molecule has 18 heavy (non-hydrogen) atoms. The molecule has 5 nitrogen and oxygen atoms in total. The van der Waals surface area contributed by atoms with Crippen molar-refractivity contribution in [3.8, 4) is 0 Å². The fourth-order valence-corrected chi connectivity index (χ4v) is 2.67. The van der Waals surface area contributed by atoms with Crippen LogP contribution >= 0.6 is 11.3 Å². The van der Waals surface area contributed by atoms with E-state index in [1.807, 2.05) is 5.38 Å². The normalized spacial score (nSPS) is 11.8. The molecule has 0 aliphatic heterocycles. The Morgan fingerprint density at radius 1 is 1.33 bits per heavy atom. The molecule has 0 amide bonds. The number of rotatable bonds is 6. The summed E-state index contributed by atoms with van der Waals surface area (Å²) in [5.74, 6) is 0.560. The molecule has 0 saturated carbocycles. The van der Waals surface area contributed by atoms with Gasteiger partial charge in [0.2, 0.25) is 5.09 Å². The highest BCUT2D eigenvalue weighted by Gasteiger charge is 2.12. The predicted molar refractivity (Wildman–Crippen MR) is 69.8 cm³/mol. The van der Waals surface area contributed by atoms with Gasteiger partial charge in [0.25, 0.3) is 10.0 Å². The third kappa shape index (κ3) is 3.67. The molecular formula is C11H14N2O3S2. The number of nitrogens with two attached hydrogens (primary N) is 1. The summed E-state index contributed by atoms with van der Waals surface area (Å²) in [6, 6.07) is 5.06. The lowest BCUT2D eigenvalue weighted by atomic mass is 10.2. The van der Waals surface area contributed by atoms with E-state index in [1.54, 1.807) is 17.4 Å². The summed E-state index contributed by atoms with van der Waals surface area (Å²) >= 11 is 1.67. The minimum Gasteiger partial charge on any atom is -0.447 e. The van der Waals surface area contributed by atoms with Crippen LogP contribution in [-0.4, -0.2) is 15.0 Å². The first-order valence-corrected chi connectivity index (χ1v) is 7.88. The minimum atomic E-state index is -3.74. The molecule has 2 heterocycles. The van der Waals surface area contributed by atoms with Crippen LogP contribution in [0, 0.1) is 0 Å². The maximum absolute atomic E-state index is 11.0. The second kappa shape index (κ2) is 5.66. The van der Waals surface area contributed by atoms with Gasteiger partial charge in [0.05, 0.1) is 6.54 Å². The highest BCUT2D eigenvalue weighted by atomic mass is 32.2. The Kier molecular flexibility index (Phi) is 4.18. The van der Waals surface area contributed by atoms with Crippen molar-refractivity contribution in [2.75, 3.05) is 6.54 Å². The van der Waals surface area contributed by atoms with E-state index in [1.165, 1.54) is 11.6 Å². The van der Waals surface area contributed by atoms with E-state index < -0.39 is 10.0 Å². The molecule has 3 N–H and O–H groups in total. The molecule has 0 aliphatic rings. The van der Waals surface area contributed by atoms with Gasteiger partial charge in [-0.3, -0.25) is 0 Å². The Bertz CT molecular complexity index is 588. The monoisotopic (exact) mass is 286 g/mol. The van der Waals surface area contributed by atoms with E-state index >= 15 is 0 Å². The molecule has 0 bridgehead atoms. The fourth-order valence-electron chi connectivity index (χ4n) is 1.49. The van der Waals surface area contributed by atoms with Crippen molar-refractivity contribution in [2.24, 2.45) is 5.14 Å². The predicted octanol–water partition coefficient (Wildman–Crippen LogP) is 1.32. The summed E-state index contributed by atoms with van der Waals surface area (Å²) in [6.07, 6.45) is 0.937. The van der Waals surface area contributed by atoms with Gasteiger partial charge in [0.15, 0.2) is 0 Å². The van der Waals surface area contributed by atoms with Crippen LogP contribution in [0.3, 0.4) is 0 Å². The lowest BCUT2D eigenvalue weighted by Gasteiger charge is -2.01. The first-order chi connectivity index (χ1) is 8.55. The number of primary sulfonamides is 1. The van der Waals surface area contributed by atoms with Crippen molar-refractivity contribution < 1.29 is 12.8 Å². The van der Waals surface area contributed by atoms with Crippen LogP contribution in [0.15, 0.2) is 38.5 Å². The molecule has 0 fully saturated rings.